The summed E-state index contributed by atoms with van der Waals surface area (Å²) >= 11 is 0. The number of amides is 1. The molecule has 1 saturated heterocycles. The van der Waals surface area contributed by atoms with Crippen molar-refractivity contribution in [3.05, 3.63) is 58.4 Å². The lowest BCUT2D eigenvalue weighted by molar-refractivity contribution is 0.0781. The molecule has 0 spiro atoms. The summed E-state index contributed by atoms with van der Waals surface area (Å²) in [5.41, 5.74) is 3.93. The second-order valence-electron chi connectivity index (χ2n) is 8.67. The number of nitrogens with zero attached hydrogens (tertiary/aromatic N) is 7. The number of rotatable bonds is 0. The van der Waals surface area contributed by atoms with E-state index in [1.807, 2.05) is 6.92 Å². The largest absolute Gasteiger partial charge is 0.348 e. The van der Waals surface area contributed by atoms with Gasteiger partial charge in [0.05, 0.1) is 41.4 Å². The Morgan fingerprint density at radius 2 is 2.06 bits per heavy atom. The zero-order chi connectivity index (χ0) is 23.3. The SMILES string of the molecule is Cc1ncc2nc1N1CCCC[C@@H]1c1cc(F)ccc1C(=O)N(C)Cc1nn(C)c(C#N)c1-2. The van der Waals surface area contributed by atoms with Crippen LogP contribution in [0, 0.1) is 24.1 Å². The number of nitriles is 1. The van der Waals surface area contributed by atoms with E-state index in [9.17, 15) is 14.4 Å². The predicted octanol–water partition coefficient (Wildman–Crippen LogP) is 3.51. The summed E-state index contributed by atoms with van der Waals surface area (Å²) in [7, 11) is 3.39. The van der Waals surface area contributed by atoms with Crippen molar-refractivity contribution in [3.63, 3.8) is 0 Å². The maximum atomic E-state index is 14.4. The first kappa shape index (κ1) is 21.1. The number of fused-ring (bicyclic) bond motifs is 8. The number of piperidine rings is 1. The normalized spacial score (nSPS) is 17.9. The molecule has 1 fully saturated rings. The van der Waals surface area contributed by atoms with Crippen molar-refractivity contribution in [3.8, 4) is 17.3 Å². The second kappa shape index (κ2) is 7.96. The minimum absolute atomic E-state index is 0.180. The number of carbonyl (C=O) groups excluding carboxylic acids is 1. The average Bonchev–Trinajstić information content (AvgIpc) is 3.12. The maximum Gasteiger partial charge on any atom is 0.254 e. The Balaban J connectivity index is 1.81. The summed E-state index contributed by atoms with van der Waals surface area (Å²) in [6, 6.07) is 6.39. The lowest BCUT2D eigenvalue weighted by Gasteiger charge is -2.38. The van der Waals surface area contributed by atoms with Crippen LogP contribution in [0.4, 0.5) is 10.2 Å². The highest BCUT2D eigenvalue weighted by Crippen LogP contribution is 2.39. The topological polar surface area (TPSA) is 90.9 Å². The number of carbonyl (C=O) groups is 1. The van der Waals surface area contributed by atoms with E-state index in [-0.39, 0.29) is 24.3 Å². The van der Waals surface area contributed by atoms with Crippen LogP contribution >= 0.6 is 0 Å². The van der Waals surface area contributed by atoms with Crippen molar-refractivity contribution in [1.82, 2.24) is 24.6 Å². The van der Waals surface area contributed by atoms with Gasteiger partial charge in [0.2, 0.25) is 0 Å². The van der Waals surface area contributed by atoms with Crippen molar-refractivity contribution in [1.29, 1.82) is 5.26 Å². The number of aromatic nitrogens is 4. The summed E-state index contributed by atoms with van der Waals surface area (Å²) < 4.78 is 15.9. The summed E-state index contributed by atoms with van der Waals surface area (Å²) in [6.45, 7) is 2.79. The third-order valence-electron chi connectivity index (χ3n) is 6.52. The molecule has 0 saturated carbocycles. The Labute approximate surface area is 191 Å². The van der Waals surface area contributed by atoms with Gasteiger partial charge in [0.1, 0.15) is 17.6 Å². The Bertz CT molecular complexity index is 1310. The van der Waals surface area contributed by atoms with Gasteiger partial charge >= 0.3 is 0 Å². The highest BCUT2D eigenvalue weighted by atomic mass is 19.1. The molecule has 2 aromatic heterocycles. The number of halogens is 1. The van der Waals surface area contributed by atoms with Crippen LogP contribution < -0.4 is 4.90 Å². The third kappa shape index (κ3) is 3.42. The quantitative estimate of drug-likeness (QED) is 0.526. The van der Waals surface area contributed by atoms with Gasteiger partial charge in [-0.2, -0.15) is 10.4 Å². The Morgan fingerprint density at radius 3 is 2.85 bits per heavy atom. The molecule has 0 radical (unpaired) electrons. The maximum absolute atomic E-state index is 14.4. The molecule has 1 amide bonds. The van der Waals surface area contributed by atoms with Crippen molar-refractivity contribution < 1.29 is 9.18 Å². The smallest absolute Gasteiger partial charge is 0.254 e. The average molecular weight is 446 g/mol. The van der Waals surface area contributed by atoms with Gasteiger partial charge in [0.15, 0.2) is 5.82 Å². The molecule has 0 aliphatic carbocycles. The van der Waals surface area contributed by atoms with Crippen molar-refractivity contribution in [2.45, 2.75) is 38.8 Å². The minimum Gasteiger partial charge on any atom is -0.348 e. The van der Waals surface area contributed by atoms with E-state index >= 15 is 0 Å². The summed E-state index contributed by atoms with van der Waals surface area (Å²) in [6.07, 6.45) is 4.36. The molecule has 8 nitrogen and oxygen atoms in total. The fraction of sp³-hybridized carbons (Fsp3) is 0.375. The molecule has 1 aromatic carbocycles. The van der Waals surface area contributed by atoms with E-state index in [0.29, 0.717) is 46.1 Å². The lowest BCUT2D eigenvalue weighted by Crippen LogP contribution is -2.37. The molecular weight excluding hydrogens is 421 g/mol. The molecule has 2 aliphatic heterocycles. The molecule has 0 N–H and O–H groups in total. The van der Waals surface area contributed by atoms with Crippen molar-refractivity contribution >= 4 is 11.7 Å². The molecule has 3 aromatic rings. The van der Waals surface area contributed by atoms with Crippen LogP contribution in [-0.2, 0) is 13.6 Å². The van der Waals surface area contributed by atoms with E-state index < -0.39 is 0 Å². The zero-order valence-corrected chi connectivity index (χ0v) is 18.8. The van der Waals surface area contributed by atoms with E-state index in [1.165, 1.54) is 16.8 Å². The standard InChI is InChI=1S/C24H24FN7O/c1-14-23-28-18(12-27-14)22-19(29-31(3)21(22)11-26)13-30(2)24(33)16-8-7-15(25)10-17(16)20-6-4-5-9-32(20)23/h7-8,10,12,20H,4-6,9,13H2,1-3H3/t20-/m1/s1. The summed E-state index contributed by atoms with van der Waals surface area (Å²) in [4.78, 5) is 26.8. The Hall–Kier alpha value is -3.80. The number of benzene rings is 1. The molecule has 9 heteroatoms. The van der Waals surface area contributed by atoms with Crippen LogP contribution in [0.25, 0.3) is 11.3 Å². The molecule has 5 rings (SSSR count). The predicted molar refractivity (Wildman–Crippen MR) is 120 cm³/mol. The molecule has 33 heavy (non-hydrogen) atoms. The zero-order valence-electron chi connectivity index (χ0n) is 18.8. The van der Waals surface area contributed by atoms with Gasteiger partial charge in [-0.25, -0.2) is 9.37 Å². The Kier molecular flexibility index (Phi) is 5.08. The van der Waals surface area contributed by atoms with Gasteiger partial charge in [-0.3, -0.25) is 14.5 Å². The number of hydrogen-bond donors (Lipinski definition) is 0. The first-order valence-corrected chi connectivity index (χ1v) is 11.0. The van der Waals surface area contributed by atoms with Gasteiger partial charge in [-0.05, 0) is 49.9 Å². The van der Waals surface area contributed by atoms with Crippen LogP contribution in [-0.4, -0.2) is 44.1 Å². The van der Waals surface area contributed by atoms with Crippen LogP contribution in [0.1, 0.15) is 58.3 Å². The van der Waals surface area contributed by atoms with Gasteiger partial charge < -0.3 is 9.80 Å². The number of hydrogen-bond acceptors (Lipinski definition) is 6. The Morgan fingerprint density at radius 1 is 1.24 bits per heavy atom. The van der Waals surface area contributed by atoms with E-state index in [1.54, 1.807) is 31.3 Å². The summed E-state index contributed by atoms with van der Waals surface area (Å²) in [5, 5.41) is 14.3. The number of anilines is 1. The first-order chi connectivity index (χ1) is 15.9. The fourth-order valence-corrected chi connectivity index (χ4v) is 4.93. The van der Waals surface area contributed by atoms with E-state index in [2.05, 4.69) is 21.1 Å². The van der Waals surface area contributed by atoms with Crippen molar-refractivity contribution in [2.24, 2.45) is 7.05 Å². The van der Waals surface area contributed by atoms with E-state index in [4.69, 9.17) is 4.98 Å². The van der Waals surface area contributed by atoms with Crippen LogP contribution in [0.2, 0.25) is 0 Å². The lowest BCUT2D eigenvalue weighted by atomic mass is 9.90. The highest BCUT2D eigenvalue weighted by molar-refractivity contribution is 5.96. The molecule has 4 heterocycles. The molecule has 168 valence electrons. The third-order valence-corrected chi connectivity index (χ3v) is 6.52. The fourth-order valence-electron chi connectivity index (χ4n) is 4.93. The van der Waals surface area contributed by atoms with Crippen molar-refractivity contribution in [2.75, 3.05) is 18.5 Å². The minimum atomic E-state index is -0.371. The first-order valence-electron chi connectivity index (χ1n) is 11.0. The molecule has 0 unspecified atom stereocenters. The van der Waals surface area contributed by atoms with Crippen LogP contribution in [0.15, 0.2) is 24.4 Å². The van der Waals surface area contributed by atoms with E-state index in [0.717, 1.165) is 25.0 Å². The second-order valence-corrected chi connectivity index (χ2v) is 8.67. The van der Waals surface area contributed by atoms with Gasteiger partial charge in [-0.15, -0.1) is 0 Å². The molecule has 2 bridgehead atoms. The number of aryl methyl sites for hydroxylation is 2. The van der Waals surface area contributed by atoms with Gasteiger partial charge in [-0.1, -0.05) is 0 Å². The molecule has 2 aliphatic rings. The highest BCUT2D eigenvalue weighted by Gasteiger charge is 2.33. The van der Waals surface area contributed by atoms with Gasteiger partial charge in [0, 0.05) is 26.2 Å². The summed E-state index contributed by atoms with van der Waals surface area (Å²) in [5.74, 6) is 0.106. The molecular formula is C24H24FN7O. The van der Waals surface area contributed by atoms with Crippen LogP contribution in [0.5, 0.6) is 0 Å². The van der Waals surface area contributed by atoms with Crippen LogP contribution in [0.3, 0.4) is 0 Å². The molecule has 1 atom stereocenters. The van der Waals surface area contributed by atoms with Gasteiger partial charge in [0.25, 0.3) is 5.91 Å². The monoisotopic (exact) mass is 445 g/mol.